The van der Waals surface area contributed by atoms with Crippen LogP contribution in [0.4, 0.5) is 0 Å². The molecule has 2 aromatic carbocycles. The van der Waals surface area contributed by atoms with E-state index in [2.05, 4.69) is 27.1 Å². The molecule has 4 N–H and O–H groups in total. The average molecular weight is 524 g/mol. The number of aromatic nitrogens is 3. The minimum atomic E-state index is -1.40. The van der Waals surface area contributed by atoms with E-state index >= 15 is 0 Å². The monoisotopic (exact) mass is 523 g/mol. The summed E-state index contributed by atoms with van der Waals surface area (Å²) < 4.78 is 17.6. The summed E-state index contributed by atoms with van der Waals surface area (Å²) >= 11 is 6.57. The van der Waals surface area contributed by atoms with Gasteiger partial charge >= 0.3 is 0 Å². The van der Waals surface area contributed by atoms with E-state index in [0.717, 1.165) is 16.7 Å². The number of rotatable bonds is 7. The van der Waals surface area contributed by atoms with Crippen molar-refractivity contribution < 1.29 is 29.5 Å². The van der Waals surface area contributed by atoms with Crippen molar-refractivity contribution in [1.29, 1.82) is 0 Å². The minimum absolute atomic E-state index is 0.0248. The lowest BCUT2D eigenvalue weighted by molar-refractivity contribution is -0.0964. The summed E-state index contributed by atoms with van der Waals surface area (Å²) in [5.41, 5.74) is 3.38. The molecule has 2 fully saturated rings. The first-order valence-corrected chi connectivity index (χ1v) is 12.4. The Kier molecular flexibility index (Phi) is 6.36. The number of aliphatic hydroxyl groups excluding tert-OH is 2. The number of imidazole rings is 1. The predicted octanol–water partition coefficient (Wildman–Crippen LogP) is 2.96. The molecule has 0 amide bonds. The minimum Gasteiger partial charge on any atom is -0.456 e. The van der Waals surface area contributed by atoms with E-state index < -0.39 is 36.6 Å². The van der Waals surface area contributed by atoms with Gasteiger partial charge in [0.05, 0.1) is 42.2 Å². The van der Waals surface area contributed by atoms with Crippen molar-refractivity contribution in [3.63, 3.8) is 0 Å². The standard InChI is InChI=1S/C27H26ClN3O6/c28-19-10-20-25(30-22(19)17-8-6-16(7-9-17)15-4-2-1-3-5-15)31-26(29-20)37-21-13-35-24-23(21)36-14-27(24,34)11-18(33)12-32/h1-10,18,21,23-24,32-34H,11-14H2,(H,29,30,31)/t18?,21-,23-,24-,27+/m1/s1. The second-order valence-electron chi connectivity index (χ2n) is 9.51. The van der Waals surface area contributed by atoms with E-state index in [9.17, 15) is 10.2 Å². The number of aromatic amines is 1. The molecule has 37 heavy (non-hydrogen) atoms. The molecule has 2 aliphatic heterocycles. The average Bonchev–Trinajstić information content (AvgIpc) is 3.59. The van der Waals surface area contributed by atoms with E-state index in [1.807, 2.05) is 42.5 Å². The Hall–Kier alpha value is -3.05. The topological polar surface area (TPSA) is 130 Å². The number of nitrogens with zero attached hydrogens (tertiary/aromatic N) is 2. The van der Waals surface area contributed by atoms with E-state index in [1.165, 1.54) is 0 Å². The van der Waals surface area contributed by atoms with Crippen LogP contribution in [0.3, 0.4) is 0 Å². The molecule has 0 aliphatic carbocycles. The van der Waals surface area contributed by atoms with Crippen LogP contribution in [0.1, 0.15) is 6.42 Å². The van der Waals surface area contributed by atoms with E-state index in [4.69, 9.17) is 30.9 Å². The van der Waals surface area contributed by atoms with Crippen molar-refractivity contribution in [2.24, 2.45) is 0 Å². The maximum atomic E-state index is 10.9. The summed E-state index contributed by atoms with van der Waals surface area (Å²) in [4.78, 5) is 12.2. The fourth-order valence-corrected chi connectivity index (χ4v) is 5.32. The maximum absolute atomic E-state index is 10.9. The van der Waals surface area contributed by atoms with Gasteiger partial charge in [0.25, 0.3) is 6.01 Å². The van der Waals surface area contributed by atoms with Gasteiger partial charge in [-0.2, -0.15) is 4.98 Å². The number of hydrogen-bond acceptors (Lipinski definition) is 8. The highest BCUT2D eigenvalue weighted by Crippen LogP contribution is 2.38. The first kappa shape index (κ1) is 24.3. The Labute approximate surface area is 217 Å². The van der Waals surface area contributed by atoms with Crippen molar-refractivity contribution in [1.82, 2.24) is 15.0 Å². The van der Waals surface area contributed by atoms with Crippen LogP contribution in [-0.4, -0.2) is 80.1 Å². The second-order valence-corrected chi connectivity index (χ2v) is 9.91. The number of pyridine rings is 1. The van der Waals surface area contributed by atoms with E-state index in [1.54, 1.807) is 6.07 Å². The van der Waals surface area contributed by atoms with Crippen molar-refractivity contribution in [3.05, 3.63) is 65.7 Å². The number of fused-ring (bicyclic) bond motifs is 2. The zero-order valence-electron chi connectivity index (χ0n) is 19.8. The van der Waals surface area contributed by atoms with Gasteiger partial charge in [-0.1, -0.05) is 66.2 Å². The van der Waals surface area contributed by atoms with Crippen LogP contribution >= 0.6 is 11.6 Å². The molecule has 2 saturated heterocycles. The molecule has 10 heteroatoms. The lowest BCUT2D eigenvalue weighted by atomic mass is 9.90. The van der Waals surface area contributed by atoms with Crippen LogP contribution in [0, 0.1) is 0 Å². The highest BCUT2D eigenvalue weighted by atomic mass is 35.5. The van der Waals surface area contributed by atoms with Gasteiger partial charge in [0, 0.05) is 12.0 Å². The van der Waals surface area contributed by atoms with Crippen LogP contribution in [0.5, 0.6) is 6.01 Å². The molecule has 1 unspecified atom stereocenters. The van der Waals surface area contributed by atoms with Gasteiger partial charge in [-0.25, -0.2) is 4.98 Å². The van der Waals surface area contributed by atoms with Crippen molar-refractivity contribution in [2.45, 2.75) is 36.4 Å². The Balaban J connectivity index is 1.20. The summed E-state index contributed by atoms with van der Waals surface area (Å²) in [6.45, 7) is -0.298. The fourth-order valence-electron chi connectivity index (χ4n) is 5.06. The summed E-state index contributed by atoms with van der Waals surface area (Å²) in [7, 11) is 0. The van der Waals surface area contributed by atoms with E-state index in [0.29, 0.717) is 21.9 Å². The molecular formula is C27H26ClN3O6. The van der Waals surface area contributed by atoms with Gasteiger partial charge in [0.15, 0.2) is 11.8 Å². The molecule has 0 bridgehead atoms. The highest BCUT2D eigenvalue weighted by molar-refractivity contribution is 6.33. The summed E-state index contributed by atoms with van der Waals surface area (Å²) in [5, 5.41) is 30.3. The van der Waals surface area contributed by atoms with Crippen LogP contribution in [0.15, 0.2) is 60.7 Å². The quantitative estimate of drug-likeness (QED) is 0.291. The molecule has 2 aromatic heterocycles. The number of halogens is 1. The third kappa shape index (κ3) is 4.59. The molecular weight excluding hydrogens is 498 g/mol. The van der Waals surface area contributed by atoms with E-state index in [-0.39, 0.29) is 25.6 Å². The zero-order valence-corrected chi connectivity index (χ0v) is 20.5. The van der Waals surface area contributed by atoms with Crippen LogP contribution in [0.25, 0.3) is 33.5 Å². The SMILES string of the molecule is OCC(O)C[C@]1(O)CO[C@H]2[C@H]1OC[C@H]2Oc1nc2nc(-c3ccc(-c4ccccc4)cc3)c(Cl)cc2[nH]1. The Morgan fingerprint density at radius 2 is 1.78 bits per heavy atom. The first-order valence-electron chi connectivity index (χ1n) is 12.1. The lowest BCUT2D eigenvalue weighted by Gasteiger charge is -2.28. The Bertz CT molecular complexity index is 1400. The summed E-state index contributed by atoms with van der Waals surface area (Å²) in [6.07, 6.45) is -2.86. The number of H-pyrrole nitrogens is 1. The van der Waals surface area contributed by atoms with Gasteiger partial charge in [-0.3, -0.25) is 0 Å². The molecule has 6 rings (SSSR count). The number of aliphatic hydroxyl groups is 3. The third-order valence-electron chi connectivity index (χ3n) is 6.89. The first-order chi connectivity index (χ1) is 17.9. The molecule has 192 valence electrons. The summed E-state index contributed by atoms with van der Waals surface area (Å²) in [6, 6.07) is 20.1. The number of ether oxygens (including phenoxy) is 3. The van der Waals surface area contributed by atoms with Gasteiger partial charge < -0.3 is 34.5 Å². The predicted molar refractivity (Wildman–Crippen MR) is 136 cm³/mol. The van der Waals surface area contributed by atoms with Crippen LogP contribution < -0.4 is 4.74 Å². The molecule has 2 aliphatic rings. The van der Waals surface area contributed by atoms with Gasteiger partial charge in [0.2, 0.25) is 0 Å². The van der Waals surface area contributed by atoms with Crippen LogP contribution in [-0.2, 0) is 9.47 Å². The third-order valence-corrected chi connectivity index (χ3v) is 7.18. The zero-order chi connectivity index (χ0) is 25.6. The smallest absolute Gasteiger partial charge is 0.296 e. The fraction of sp³-hybridized carbons (Fsp3) is 0.333. The molecule has 9 nitrogen and oxygen atoms in total. The Morgan fingerprint density at radius 1 is 1.05 bits per heavy atom. The van der Waals surface area contributed by atoms with Gasteiger partial charge in [0.1, 0.15) is 17.8 Å². The molecule has 4 aromatic rings. The number of hydrogen-bond donors (Lipinski definition) is 4. The molecule has 4 heterocycles. The van der Waals surface area contributed by atoms with Gasteiger partial charge in [-0.15, -0.1) is 0 Å². The van der Waals surface area contributed by atoms with Crippen molar-refractivity contribution >= 4 is 22.8 Å². The second kappa shape index (κ2) is 9.68. The maximum Gasteiger partial charge on any atom is 0.296 e. The Morgan fingerprint density at radius 3 is 2.54 bits per heavy atom. The van der Waals surface area contributed by atoms with Crippen molar-refractivity contribution in [2.75, 3.05) is 19.8 Å². The highest BCUT2D eigenvalue weighted by Gasteiger charge is 2.57. The molecule has 0 saturated carbocycles. The largest absolute Gasteiger partial charge is 0.456 e. The molecule has 0 spiro atoms. The van der Waals surface area contributed by atoms with Crippen molar-refractivity contribution in [3.8, 4) is 28.4 Å². The summed E-state index contributed by atoms with van der Waals surface area (Å²) in [5.74, 6) is 0. The number of nitrogens with one attached hydrogen (secondary N) is 1. The van der Waals surface area contributed by atoms with Crippen LogP contribution in [0.2, 0.25) is 5.02 Å². The normalized spacial score (nSPS) is 25.9. The van der Waals surface area contributed by atoms with Gasteiger partial charge in [-0.05, 0) is 17.2 Å². The molecule has 0 radical (unpaired) electrons. The number of benzene rings is 2. The molecule has 5 atom stereocenters. The lowest BCUT2D eigenvalue weighted by Crippen LogP contribution is -2.47.